The molecular formula is C10H20O2. The van der Waals surface area contributed by atoms with E-state index in [1.165, 1.54) is 12.8 Å². The molecule has 0 atom stereocenters. The SMILES string of the molecule is CC1CC(OCCCCCO)C1. The molecule has 12 heavy (non-hydrogen) atoms. The highest BCUT2D eigenvalue weighted by atomic mass is 16.5. The molecule has 0 radical (unpaired) electrons. The summed E-state index contributed by atoms with van der Waals surface area (Å²) in [6.45, 7) is 3.48. The van der Waals surface area contributed by atoms with E-state index in [0.717, 1.165) is 31.8 Å². The topological polar surface area (TPSA) is 29.5 Å². The minimum atomic E-state index is 0.320. The minimum Gasteiger partial charge on any atom is -0.396 e. The maximum Gasteiger partial charge on any atom is 0.0580 e. The third-order valence-electron chi connectivity index (χ3n) is 2.49. The van der Waals surface area contributed by atoms with Gasteiger partial charge >= 0.3 is 0 Å². The lowest BCUT2D eigenvalue weighted by Gasteiger charge is -2.32. The molecule has 0 unspecified atom stereocenters. The summed E-state index contributed by atoms with van der Waals surface area (Å²) in [6, 6.07) is 0. The molecule has 0 spiro atoms. The highest BCUT2D eigenvalue weighted by molar-refractivity contribution is 4.76. The first-order valence-corrected chi connectivity index (χ1v) is 5.05. The van der Waals surface area contributed by atoms with Crippen molar-refractivity contribution in [2.45, 2.75) is 45.1 Å². The lowest BCUT2D eigenvalue weighted by molar-refractivity contribution is -0.0268. The smallest absolute Gasteiger partial charge is 0.0580 e. The van der Waals surface area contributed by atoms with Crippen LogP contribution in [-0.4, -0.2) is 24.4 Å². The van der Waals surface area contributed by atoms with Gasteiger partial charge in [-0.3, -0.25) is 0 Å². The number of hydrogen-bond acceptors (Lipinski definition) is 2. The van der Waals surface area contributed by atoms with E-state index in [4.69, 9.17) is 9.84 Å². The molecule has 72 valence electrons. The summed E-state index contributed by atoms with van der Waals surface area (Å²) in [5.41, 5.74) is 0. The molecule has 0 bridgehead atoms. The van der Waals surface area contributed by atoms with Crippen molar-refractivity contribution in [2.24, 2.45) is 5.92 Å². The normalized spacial score (nSPS) is 28.5. The van der Waals surface area contributed by atoms with Gasteiger partial charge in [-0.25, -0.2) is 0 Å². The fourth-order valence-electron chi connectivity index (χ4n) is 1.61. The first-order valence-electron chi connectivity index (χ1n) is 5.05. The van der Waals surface area contributed by atoms with Crippen LogP contribution in [0.15, 0.2) is 0 Å². The number of unbranched alkanes of at least 4 members (excludes halogenated alkanes) is 2. The van der Waals surface area contributed by atoms with Gasteiger partial charge in [-0.05, 0) is 38.0 Å². The van der Waals surface area contributed by atoms with E-state index < -0.39 is 0 Å². The van der Waals surface area contributed by atoms with Crippen molar-refractivity contribution in [3.05, 3.63) is 0 Å². The fraction of sp³-hybridized carbons (Fsp3) is 1.00. The molecule has 0 aromatic rings. The van der Waals surface area contributed by atoms with Crippen LogP contribution in [0, 0.1) is 5.92 Å². The Balaban J connectivity index is 1.77. The van der Waals surface area contributed by atoms with Gasteiger partial charge in [0.1, 0.15) is 0 Å². The van der Waals surface area contributed by atoms with E-state index in [1.54, 1.807) is 0 Å². The number of hydrogen-bond donors (Lipinski definition) is 1. The average Bonchev–Trinajstić information content (AvgIpc) is 2.00. The zero-order chi connectivity index (χ0) is 8.81. The average molecular weight is 172 g/mol. The number of aliphatic hydroxyl groups excluding tert-OH is 1. The highest BCUT2D eigenvalue weighted by Crippen LogP contribution is 2.29. The van der Waals surface area contributed by atoms with Gasteiger partial charge in [0.25, 0.3) is 0 Å². The zero-order valence-corrected chi connectivity index (χ0v) is 7.96. The summed E-state index contributed by atoms with van der Waals surface area (Å²) in [6.07, 6.45) is 6.17. The molecule has 1 fully saturated rings. The van der Waals surface area contributed by atoms with Crippen molar-refractivity contribution in [1.82, 2.24) is 0 Å². The van der Waals surface area contributed by atoms with Crippen molar-refractivity contribution >= 4 is 0 Å². The number of ether oxygens (including phenoxy) is 1. The molecule has 0 heterocycles. The van der Waals surface area contributed by atoms with E-state index in [-0.39, 0.29) is 0 Å². The Kier molecular flexibility index (Phi) is 4.62. The van der Waals surface area contributed by atoms with Crippen LogP contribution in [-0.2, 0) is 4.74 Å². The van der Waals surface area contributed by atoms with Gasteiger partial charge < -0.3 is 9.84 Å². The third-order valence-corrected chi connectivity index (χ3v) is 2.49. The predicted molar refractivity (Wildman–Crippen MR) is 49.1 cm³/mol. The van der Waals surface area contributed by atoms with Crippen LogP contribution in [0.2, 0.25) is 0 Å². The first-order chi connectivity index (χ1) is 5.83. The summed E-state index contributed by atoms with van der Waals surface area (Å²) in [7, 11) is 0. The van der Waals surface area contributed by atoms with Gasteiger partial charge in [0.2, 0.25) is 0 Å². The summed E-state index contributed by atoms with van der Waals surface area (Å²) in [5.74, 6) is 0.882. The van der Waals surface area contributed by atoms with E-state index in [2.05, 4.69) is 6.92 Å². The molecule has 1 saturated carbocycles. The second-order valence-electron chi connectivity index (χ2n) is 3.85. The van der Waals surface area contributed by atoms with Crippen LogP contribution in [0.5, 0.6) is 0 Å². The summed E-state index contributed by atoms with van der Waals surface area (Å²) in [4.78, 5) is 0. The van der Waals surface area contributed by atoms with Crippen LogP contribution in [0.4, 0.5) is 0 Å². The van der Waals surface area contributed by atoms with Gasteiger partial charge in [-0.1, -0.05) is 6.92 Å². The van der Waals surface area contributed by atoms with Crippen molar-refractivity contribution in [1.29, 1.82) is 0 Å². The fourth-order valence-corrected chi connectivity index (χ4v) is 1.61. The second-order valence-corrected chi connectivity index (χ2v) is 3.85. The van der Waals surface area contributed by atoms with Gasteiger partial charge in [-0.15, -0.1) is 0 Å². The largest absolute Gasteiger partial charge is 0.396 e. The Hall–Kier alpha value is -0.0800. The molecule has 1 aliphatic rings. The van der Waals surface area contributed by atoms with E-state index in [9.17, 15) is 0 Å². The van der Waals surface area contributed by atoms with Crippen molar-refractivity contribution in [3.8, 4) is 0 Å². The highest BCUT2D eigenvalue weighted by Gasteiger charge is 2.25. The molecule has 0 aromatic carbocycles. The van der Waals surface area contributed by atoms with E-state index >= 15 is 0 Å². The Morgan fingerprint density at radius 2 is 2.00 bits per heavy atom. The number of aliphatic hydroxyl groups is 1. The van der Waals surface area contributed by atoms with Crippen LogP contribution in [0.1, 0.15) is 39.0 Å². The lowest BCUT2D eigenvalue weighted by atomic mass is 9.84. The lowest BCUT2D eigenvalue weighted by Crippen LogP contribution is -2.29. The van der Waals surface area contributed by atoms with Crippen LogP contribution in [0.3, 0.4) is 0 Å². The molecule has 0 aromatic heterocycles. The van der Waals surface area contributed by atoms with Crippen LogP contribution in [0.25, 0.3) is 0 Å². The summed E-state index contributed by atoms with van der Waals surface area (Å²) in [5, 5.41) is 8.53. The molecule has 1 aliphatic carbocycles. The molecular weight excluding hydrogens is 152 g/mol. The molecule has 0 aliphatic heterocycles. The van der Waals surface area contributed by atoms with E-state index in [0.29, 0.717) is 12.7 Å². The van der Waals surface area contributed by atoms with Crippen LogP contribution >= 0.6 is 0 Å². The van der Waals surface area contributed by atoms with Crippen LogP contribution < -0.4 is 0 Å². The molecule has 1 rings (SSSR count). The Labute approximate surface area is 74.9 Å². The summed E-state index contributed by atoms with van der Waals surface area (Å²) >= 11 is 0. The molecule has 2 heteroatoms. The number of rotatable bonds is 6. The van der Waals surface area contributed by atoms with E-state index in [1.807, 2.05) is 0 Å². The monoisotopic (exact) mass is 172 g/mol. The van der Waals surface area contributed by atoms with Crippen molar-refractivity contribution < 1.29 is 9.84 Å². The van der Waals surface area contributed by atoms with Gasteiger partial charge in [0.05, 0.1) is 6.10 Å². The first kappa shape index (κ1) is 10.0. The minimum absolute atomic E-state index is 0.320. The van der Waals surface area contributed by atoms with Gasteiger partial charge in [0.15, 0.2) is 0 Å². The molecule has 0 saturated heterocycles. The van der Waals surface area contributed by atoms with Gasteiger partial charge in [-0.2, -0.15) is 0 Å². The van der Waals surface area contributed by atoms with Crippen molar-refractivity contribution in [3.63, 3.8) is 0 Å². The second kappa shape index (κ2) is 5.55. The Morgan fingerprint density at radius 3 is 2.58 bits per heavy atom. The maximum atomic E-state index is 8.53. The predicted octanol–water partition coefficient (Wildman–Crippen LogP) is 1.96. The molecule has 1 N–H and O–H groups in total. The standard InChI is InChI=1S/C10H20O2/c1-9-7-10(8-9)12-6-4-2-3-5-11/h9-11H,2-8H2,1H3. The third kappa shape index (κ3) is 3.55. The Bertz CT molecular complexity index is 108. The Morgan fingerprint density at radius 1 is 1.25 bits per heavy atom. The van der Waals surface area contributed by atoms with Gasteiger partial charge in [0, 0.05) is 13.2 Å². The summed E-state index contributed by atoms with van der Waals surface area (Å²) < 4.78 is 5.61. The quantitative estimate of drug-likeness (QED) is 0.621. The maximum absolute atomic E-state index is 8.53. The molecule has 2 nitrogen and oxygen atoms in total. The molecule has 0 amide bonds. The zero-order valence-electron chi connectivity index (χ0n) is 7.96. The van der Waals surface area contributed by atoms with Crippen molar-refractivity contribution in [2.75, 3.05) is 13.2 Å².